The summed E-state index contributed by atoms with van der Waals surface area (Å²) in [5, 5.41) is 16.2. The summed E-state index contributed by atoms with van der Waals surface area (Å²) >= 11 is 7.61. The summed E-state index contributed by atoms with van der Waals surface area (Å²) in [5.41, 5.74) is 2.87. The Morgan fingerprint density at radius 2 is 1.83 bits per heavy atom. The maximum Gasteiger partial charge on any atom is 0.204 e. The third kappa shape index (κ3) is 3.20. The molecular formula is C17H12ClN5S. The lowest BCUT2D eigenvalue weighted by atomic mass is 10.2. The van der Waals surface area contributed by atoms with Crippen LogP contribution in [0.15, 0.2) is 60.0 Å². The van der Waals surface area contributed by atoms with E-state index in [1.807, 2.05) is 60.0 Å². The third-order valence-electron chi connectivity index (χ3n) is 3.41. The van der Waals surface area contributed by atoms with Gasteiger partial charge in [0.05, 0.1) is 5.69 Å². The SMILES string of the molecule is Clc1cccc(-c2nnn(Cc3csc(-c4ccccc4)n3)n2)c1. The number of nitrogens with zero attached hydrogens (tertiary/aromatic N) is 5. The van der Waals surface area contributed by atoms with Gasteiger partial charge in [-0.2, -0.15) is 4.80 Å². The van der Waals surface area contributed by atoms with E-state index < -0.39 is 0 Å². The molecule has 0 atom stereocenters. The number of rotatable bonds is 4. The minimum absolute atomic E-state index is 0.483. The third-order valence-corrected chi connectivity index (χ3v) is 4.59. The van der Waals surface area contributed by atoms with Gasteiger partial charge in [0.1, 0.15) is 11.6 Å². The first kappa shape index (κ1) is 15.0. The molecule has 0 radical (unpaired) electrons. The standard InChI is InChI=1S/C17H12ClN5S/c18-14-8-4-7-13(9-14)16-20-22-23(21-16)10-15-11-24-17(19-15)12-5-2-1-3-6-12/h1-9,11H,10H2. The Labute approximate surface area is 147 Å². The highest BCUT2D eigenvalue weighted by molar-refractivity contribution is 7.13. The van der Waals surface area contributed by atoms with Crippen LogP contribution in [0, 0.1) is 0 Å². The molecule has 0 aliphatic carbocycles. The lowest BCUT2D eigenvalue weighted by Gasteiger charge is -1.96. The highest BCUT2D eigenvalue weighted by atomic mass is 35.5. The second-order valence-corrected chi connectivity index (χ2v) is 6.46. The Hall–Kier alpha value is -2.57. The Morgan fingerprint density at radius 1 is 1.00 bits per heavy atom. The van der Waals surface area contributed by atoms with Gasteiger partial charge in [0.2, 0.25) is 5.82 Å². The summed E-state index contributed by atoms with van der Waals surface area (Å²) in [6, 6.07) is 17.5. The van der Waals surface area contributed by atoms with E-state index in [1.54, 1.807) is 16.1 Å². The largest absolute Gasteiger partial charge is 0.239 e. The molecular weight excluding hydrogens is 342 g/mol. The van der Waals surface area contributed by atoms with Crippen LogP contribution in [0.1, 0.15) is 5.69 Å². The molecule has 0 bridgehead atoms. The van der Waals surface area contributed by atoms with E-state index in [1.165, 1.54) is 0 Å². The van der Waals surface area contributed by atoms with E-state index in [-0.39, 0.29) is 0 Å². The molecule has 5 nitrogen and oxygen atoms in total. The zero-order chi connectivity index (χ0) is 16.4. The van der Waals surface area contributed by atoms with Gasteiger partial charge in [-0.05, 0) is 17.3 Å². The van der Waals surface area contributed by atoms with Crippen LogP contribution in [0.2, 0.25) is 5.02 Å². The monoisotopic (exact) mass is 353 g/mol. The van der Waals surface area contributed by atoms with Crippen molar-refractivity contribution in [3.63, 3.8) is 0 Å². The van der Waals surface area contributed by atoms with Crippen molar-refractivity contribution in [2.75, 3.05) is 0 Å². The lowest BCUT2D eigenvalue weighted by molar-refractivity contribution is 0.566. The topological polar surface area (TPSA) is 56.5 Å². The fraction of sp³-hybridized carbons (Fsp3) is 0.0588. The molecule has 4 aromatic rings. The van der Waals surface area contributed by atoms with E-state index in [0.29, 0.717) is 17.4 Å². The van der Waals surface area contributed by atoms with E-state index in [4.69, 9.17) is 11.6 Å². The zero-order valence-corrected chi connectivity index (χ0v) is 14.1. The number of hydrogen-bond acceptors (Lipinski definition) is 5. The van der Waals surface area contributed by atoms with Crippen LogP contribution in [-0.2, 0) is 6.54 Å². The number of halogens is 1. The second-order valence-electron chi connectivity index (χ2n) is 5.16. The number of hydrogen-bond donors (Lipinski definition) is 0. The molecule has 0 aliphatic rings. The van der Waals surface area contributed by atoms with Crippen molar-refractivity contribution in [2.45, 2.75) is 6.54 Å². The molecule has 0 aliphatic heterocycles. The maximum absolute atomic E-state index is 6.00. The fourth-order valence-corrected chi connectivity index (χ4v) is 3.30. The first-order valence-corrected chi connectivity index (χ1v) is 8.57. The van der Waals surface area contributed by atoms with Crippen LogP contribution in [0.4, 0.5) is 0 Å². The van der Waals surface area contributed by atoms with Gasteiger partial charge < -0.3 is 0 Å². The molecule has 2 aromatic heterocycles. The molecule has 4 rings (SSSR count). The summed E-state index contributed by atoms with van der Waals surface area (Å²) in [4.78, 5) is 6.18. The number of thiazole rings is 1. The van der Waals surface area contributed by atoms with Gasteiger partial charge in [-0.1, -0.05) is 54.1 Å². The van der Waals surface area contributed by atoms with Crippen molar-refractivity contribution in [3.05, 3.63) is 70.7 Å². The highest BCUT2D eigenvalue weighted by Gasteiger charge is 2.09. The minimum atomic E-state index is 0.483. The lowest BCUT2D eigenvalue weighted by Crippen LogP contribution is -2.04. The van der Waals surface area contributed by atoms with Crippen LogP contribution in [0.3, 0.4) is 0 Å². The number of aromatic nitrogens is 5. The smallest absolute Gasteiger partial charge is 0.204 e. The van der Waals surface area contributed by atoms with Crippen molar-refractivity contribution in [1.82, 2.24) is 25.2 Å². The summed E-state index contributed by atoms with van der Waals surface area (Å²) in [6.45, 7) is 0.483. The summed E-state index contributed by atoms with van der Waals surface area (Å²) in [6.07, 6.45) is 0. The van der Waals surface area contributed by atoms with Crippen LogP contribution in [0.25, 0.3) is 22.0 Å². The molecule has 0 N–H and O–H groups in total. The second kappa shape index (κ2) is 6.51. The average Bonchev–Trinajstić information content (AvgIpc) is 3.26. The molecule has 0 amide bonds. The Morgan fingerprint density at radius 3 is 2.67 bits per heavy atom. The molecule has 24 heavy (non-hydrogen) atoms. The minimum Gasteiger partial charge on any atom is -0.239 e. The molecule has 0 spiro atoms. The first-order chi connectivity index (χ1) is 11.8. The van der Waals surface area contributed by atoms with Crippen LogP contribution in [-0.4, -0.2) is 25.2 Å². The summed E-state index contributed by atoms with van der Waals surface area (Å²) in [5.74, 6) is 0.552. The van der Waals surface area contributed by atoms with Gasteiger partial charge in [0.25, 0.3) is 0 Å². The molecule has 0 unspecified atom stereocenters. The summed E-state index contributed by atoms with van der Waals surface area (Å²) in [7, 11) is 0. The first-order valence-electron chi connectivity index (χ1n) is 7.31. The van der Waals surface area contributed by atoms with Crippen LogP contribution in [0.5, 0.6) is 0 Å². The van der Waals surface area contributed by atoms with E-state index >= 15 is 0 Å². The van der Waals surface area contributed by atoms with Gasteiger partial charge in [-0.25, -0.2) is 4.98 Å². The molecule has 0 saturated heterocycles. The molecule has 0 fully saturated rings. The average molecular weight is 354 g/mol. The van der Waals surface area contributed by atoms with Crippen molar-refractivity contribution < 1.29 is 0 Å². The van der Waals surface area contributed by atoms with Gasteiger partial charge in [-0.15, -0.1) is 21.5 Å². The van der Waals surface area contributed by atoms with Crippen molar-refractivity contribution in [2.24, 2.45) is 0 Å². The predicted octanol–water partition coefficient (Wildman–Crippen LogP) is 4.17. The maximum atomic E-state index is 6.00. The molecule has 2 aromatic carbocycles. The van der Waals surface area contributed by atoms with Crippen molar-refractivity contribution in [1.29, 1.82) is 0 Å². The molecule has 118 valence electrons. The Bertz CT molecular complexity index is 964. The summed E-state index contributed by atoms with van der Waals surface area (Å²) < 4.78 is 0. The van der Waals surface area contributed by atoms with E-state index in [0.717, 1.165) is 21.8 Å². The fourth-order valence-electron chi connectivity index (χ4n) is 2.29. The molecule has 0 saturated carbocycles. The number of tetrazole rings is 1. The van der Waals surface area contributed by atoms with E-state index in [2.05, 4.69) is 20.4 Å². The van der Waals surface area contributed by atoms with Crippen LogP contribution >= 0.6 is 22.9 Å². The van der Waals surface area contributed by atoms with E-state index in [9.17, 15) is 0 Å². The van der Waals surface area contributed by atoms with Gasteiger partial charge in [0.15, 0.2) is 0 Å². The van der Waals surface area contributed by atoms with Crippen molar-refractivity contribution >= 4 is 22.9 Å². The molecule has 2 heterocycles. The van der Waals surface area contributed by atoms with Gasteiger partial charge >= 0.3 is 0 Å². The highest BCUT2D eigenvalue weighted by Crippen LogP contribution is 2.23. The zero-order valence-electron chi connectivity index (χ0n) is 12.5. The van der Waals surface area contributed by atoms with Crippen molar-refractivity contribution in [3.8, 4) is 22.0 Å². The Balaban J connectivity index is 1.54. The predicted molar refractivity (Wildman–Crippen MR) is 94.9 cm³/mol. The quantitative estimate of drug-likeness (QED) is 0.552. The van der Waals surface area contributed by atoms with Crippen LogP contribution < -0.4 is 0 Å². The van der Waals surface area contributed by atoms with Gasteiger partial charge in [-0.3, -0.25) is 0 Å². The van der Waals surface area contributed by atoms with Gasteiger partial charge in [0, 0.05) is 21.5 Å². The normalized spacial score (nSPS) is 10.9. The Kier molecular flexibility index (Phi) is 4.06. The molecule has 7 heteroatoms. The number of benzene rings is 2.